The maximum absolute atomic E-state index is 11.8. The molecule has 1 aromatic carbocycles. The van der Waals surface area contributed by atoms with Gasteiger partial charge in [0.05, 0.1) is 12.9 Å². The zero-order chi connectivity index (χ0) is 15.3. The second-order valence-electron chi connectivity index (χ2n) is 4.24. The summed E-state index contributed by atoms with van der Waals surface area (Å²) in [4.78, 5) is 11.8. The first-order chi connectivity index (χ1) is 9.27. The number of ether oxygens (including phenoxy) is 1. The lowest BCUT2D eigenvalue weighted by atomic mass is 10.2. The van der Waals surface area contributed by atoms with Crippen molar-refractivity contribution >= 4 is 15.9 Å². The Labute approximate surface area is 118 Å². The molecule has 112 valence electrons. The molecule has 0 saturated heterocycles. The summed E-state index contributed by atoms with van der Waals surface area (Å²) >= 11 is 0. The van der Waals surface area contributed by atoms with Crippen LogP contribution in [0.25, 0.3) is 0 Å². The van der Waals surface area contributed by atoms with E-state index in [1.54, 1.807) is 0 Å². The highest BCUT2D eigenvalue weighted by molar-refractivity contribution is 7.89. The van der Waals surface area contributed by atoms with Crippen molar-refractivity contribution in [3.8, 4) is 11.5 Å². The minimum absolute atomic E-state index is 0.00780. The van der Waals surface area contributed by atoms with E-state index in [0.29, 0.717) is 0 Å². The zero-order valence-corrected chi connectivity index (χ0v) is 12.4. The average Bonchev–Trinajstić information content (AvgIpc) is 2.38. The molecule has 20 heavy (non-hydrogen) atoms. The van der Waals surface area contributed by atoms with Crippen LogP contribution in [0.4, 0.5) is 0 Å². The summed E-state index contributed by atoms with van der Waals surface area (Å²) in [6.07, 6.45) is 0. The lowest BCUT2D eigenvalue weighted by Gasteiger charge is -2.12. The van der Waals surface area contributed by atoms with Gasteiger partial charge in [-0.15, -0.1) is 0 Å². The Bertz CT molecular complexity index is 584. The van der Waals surface area contributed by atoms with E-state index < -0.39 is 15.9 Å². The van der Waals surface area contributed by atoms with Gasteiger partial charge in [-0.3, -0.25) is 4.79 Å². The highest BCUT2D eigenvalue weighted by Crippen LogP contribution is 2.25. The van der Waals surface area contributed by atoms with Gasteiger partial charge in [0, 0.05) is 26.2 Å². The Morgan fingerprint density at radius 2 is 2.05 bits per heavy atom. The molecule has 1 aromatic rings. The summed E-state index contributed by atoms with van der Waals surface area (Å²) in [7, 11) is 0.916. The molecule has 0 aromatic heterocycles. The van der Waals surface area contributed by atoms with Gasteiger partial charge >= 0.3 is 0 Å². The number of sulfonamides is 1. The van der Waals surface area contributed by atoms with Crippen LogP contribution in [0.3, 0.4) is 0 Å². The van der Waals surface area contributed by atoms with Crippen LogP contribution in [-0.4, -0.2) is 57.2 Å². The van der Waals surface area contributed by atoms with Crippen LogP contribution in [0.15, 0.2) is 18.2 Å². The highest BCUT2D eigenvalue weighted by atomic mass is 32.2. The smallest absolute Gasteiger partial charge is 0.251 e. The molecular formula is C12H18N2O5S. The largest absolute Gasteiger partial charge is 0.504 e. The monoisotopic (exact) mass is 302 g/mol. The molecule has 0 bridgehead atoms. The molecule has 0 unspecified atom stereocenters. The van der Waals surface area contributed by atoms with Crippen molar-refractivity contribution in [3.05, 3.63) is 23.8 Å². The van der Waals surface area contributed by atoms with E-state index >= 15 is 0 Å². The third-order valence-corrected chi connectivity index (χ3v) is 4.48. The molecule has 0 spiro atoms. The number of rotatable bonds is 6. The quantitative estimate of drug-likeness (QED) is 0.772. The molecule has 0 aliphatic heterocycles. The highest BCUT2D eigenvalue weighted by Gasteiger charge is 2.14. The summed E-state index contributed by atoms with van der Waals surface area (Å²) < 4.78 is 29.0. The molecule has 0 saturated carbocycles. The normalized spacial score (nSPS) is 11.4. The Hall–Kier alpha value is -1.80. The first-order valence-corrected chi connectivity index (χ1v) is 7.44. The number of hydrogen-bond acceptors (Lipinski definition) is 5. The van der Waals surface area contributed by atoms with Crippen molar-refractivity contribution < 1.29 is 23.1 Å². The van der Waals surface area contributed by atoms with E-state index in [1.165, 1.54) is 39.4 Å². The molecule has 0 radical (unpaired) electrons. The van der Waals surface area contributed by atoms with Crippen LogP contribution in [0, 0.1) is 0 Å². The van der Waals surface area contributed by atoms with Gasteiger partial charge in [-0.1, -0.05) is 0 Å². The second kappa shape index (κ2) is 6.58. The average molecular weight is 302 g/mol. The molecule has 0 heterocycles. The number of amides is 1. The van der Waals surface area contributed by atoms with Crippen molar-refractivity contribution in [3.63, 3.8) is 0 Å². The SMILES string of the molecule is COc1ccc(C(=O)NCCS(=O)(=O)N(C)C)cc1O. The van der Waals surface area contributed by atoms with Crippen molar-refractivity contribution in [2.75, 3.05) is 33.5 Å². The molecular weight excluding hydrogens is 284 g/mol. The fraction of sp³-hybridized carbons (Fsp3) is 0.417. The van der Waals surface area contributed by atoms with E-state index in [-0.39, 0.29) is 29.4 Å². The predicted octanol–water partition coefficient (Wildman–Crippen LogP) is 0.0220. The van der Waals surface area contributed by atoms with Crippen LogP contribution >= 0.6 is 0 Å². The standard InChI is InChI=1S/C12H18N2O5S/c1-14(2)20(17,18)7-6-13-12(16)9-4-5-11(19-3)10(15)8-9/h4-5,8,15H,6-7H2,1-3H3,(H,13,16). The van der Waals surface area contributed by atoms with Gasteiger partial charge in [-0.05, 0) is 18.2 Å². The fourth-order valence-corrected chi connectivity index (χ4v) is 2.13. The zero-order valence-electron chi connectivity index (χ0n) is 11.6. The minimum atomic E-state index is -3.35. The third-order valence-electron chi connectivity index (χ3n) is 2.64. The maximum Gasteiger partial charge on any atom is 0.251 e. The number of aromatic hydroxyl groups is 1. The van der Waals surface area contributed by atoms with Gasteiger partial charge in [0.15, 0.2) is 11.5 Å². The topological polar surface area (TPSA) is 95.9 Å². The molecule has 0 atom stereocenters. The molecule has 0 aliphatic rings. The van der Waals surface area contributed by atoms with Gasteiger partial charge in [0.25, 0.3) is 5.91 Å². The van der Waals surface area contributed by atoms with Gasteiger partial charge < -0.3 is 15.2 Å². The van der Waals surface area contributed by atoms with Gasteiger partial charge in [-0.2, -0.15) is 0 Å². The number of nitrogens with zero attached hydrogens (tertiary/aromatic N) is 1. The van der Waals surface area contributed by atoms with E-state index in [4.69, 9.17) is 4.74 Å². The summed E-state index contributed by atoms with van der Waals surface area (Å²) in [5, 5.41) is 12.0. The number of phenols is 1. The summed E-state index contributed by atoms with van der Waals surface area (Å²) in [5.74, 6) is -0.539. The number of nitrogens with one attached hydrogen (secondary N) is 1. The lowest BCUT2D eigenvalue weighted by molar-refractivity contribution is 0.0955. The first kappa shape index (κ1) is 16.3. The predicted molar refractivity (Wildman–Crippen MR) is 74.5 cm³/mol. The molecule has 1 amide bonds. The van der Waals surface area contributed by atoms with Gasteiger partial charge in [-0.25, -0.2) is 12.7 Å². The number of hydrogen-bond donors (Lipinski definition) is 2. The van der Waals surface area contributed by atoms with Crippen LogP contribution < -0.4 is 10.1 Å². The molecule has 0 aliphatic carbocycles. The first-order valence-electron chi connectivity index (χ1n) is 5.83. The van der Waals surface area contributed by atoms with Crippen molar-refractivity contribution in [2.45, 2.75) is 0 Å². The van der Waals surface area contributed by atoms with Crippen LogP contribution in [0.2, 0.25) is 0 Å². The number of carbonyl (C=O) groups is 1. The second-order valence-corrected chi connectivity index (χ2v) is 6.54. The van der Waals surface area contributed by atoms with E-state index in [2.05, 4.69) is 5.32 Å². The van der Waals surface area contributed by atoms with E-state index in [9.17, 15) is 18.3 Å². The Balaban J connectivity index is 2.62. The van der Waals surface area contributed by atoms with Crippen LogP contribution in [-0.2, 0) is 10.0 Å². The summed E-state index contributed by atoms with van der Waals surface area (Å²) in [6.45, 7) is -0.00780. The number of methoxy groups -OCH3 is 1. The maximum atomic E-state index is 11.8. The molecule has 7 nitrogen and oxygen atoms in total. The van der Waals surface area contributed by atoms with Gasteiger partial charge in [0.2, 0.25) is 10.0 Å². The Morgan fingerprint density at radius 3 is 2.55 bits per heavy atom. The lowest BCUT2D eigenvalue weighted by Crippen LogP contribution is -2.33. The molecule has 0 fully saturated rings. The molecule has 8 heteroatoms. The Morgan fingerprint density at radius 1 is 1.40 bits per heavy atom. The van der Waals surface area contributed by atoms with Crippen LogP contribution in [0.5, 0.6) is 11.5 Å². The Kier molecular flexibility index (Phi) is 5.34. The molecule has 2 N–H and O–H groups in total. The van der Waals surface area contributed by atoms with Crippen LogP contribution in [0.1, 0.15) is 10.4 Å². The third kappa shape index (κ3) is 4.10. The number of phenolic OH excluding ortho intramolecular Hbond substituents is 1. The van der Waals surface area contributed by atoms with Crippen molar-refractivity contribution in [1.29, 1.82) is 0 Å². The van der Waals surface area contributed by atoms with E-state index in [0.717, 1.165) is 4.31 Å². The van der Waals surface area contributed by atoms with Crippen molar-refractivity contribution in [2.24, 2.45) is 0 Å². The summed E-state index contributed by atoms with van der Waals surface area (Å²) in [5.41, 5.74) is 0.227. The van der Waals surface area contributed by atoms with Crippen molar-refractivity contribution in [1.82, 2.24) is 9.62 Å². The fourth-order valence-electron chi connectivity index (χ4n) is 1.41. The minimum Gasteiger partial charge on any atom is -0.504 e. The van der Waals surface area contributed by atoms with Gasteiger partial charge in [0.1, 0.15) is 0 Å². The summed E-state index contributed by atoms with van der Waals surface area (Å²) in [6, 6.07) is 4.20. The number of carbonyl (C=O) groups excluding carboxylic acids is 1. The van der Waals surface area contributed by atoms with E-state index in [1.807, 2.05) is 0 Å². The number of benzene rings is 1. The molecule has 1 rings (SSSR count).